The first kappa shape index (κ1) is 26.0. The van der Waals surface area contributed by atoms with E-state index in [1.165, 1.54) is 25.7 Å². The van der Waals surface area contributed by atoms with Crippen LogP contribution in [0.1, 0.15) is 69.1 Å². The van der Waals surface area contributed by atoms with E-state index in [-0.39, 0.29) is 12.5 Å². The summed E-state index contributed by atoms with van der Waals surface area (Å²) in [5, 5.41) is 14.4. The van der Waals surface area contributed by atoms with E-state index in [0.29, 0.717) is 24.7 Å². The van der Waals surface area contributed by atoms with E-state index in [0.717, 1.165) is 48.9 Å². The molecule has 0 radical (unpaired) electrons. The molecule has 1 spiro atoms. The maximum Gasteiger partial charge on any atom is 0.287 e. The number of hydrazine groups is 1. The van der Waals surface area contributed by atoms with Gasteiger partial charge in [0, 0.05) is 25.7 Å². The minimum Gasteiger partial charge on any atom is -0.336 e. The monoisotopic (exact) mass is 502 g/mol. The molecule has 3 aliphatic rings. The summed E-state index contributed by atoms with van der Waals surface area (Å²) in [5.74, 6) is 1.67. The van der Waals surface area contributed by atoms with Crippen LogP contribution in [0.2, 0.25) is 0 Å². The van der Waals surface area contributed by atoms with E-state index in [9.17, 15) is 18.5 Å². The van der Waals surface area contributed by atoms with Crippen LogP contribution in [0.4, 0.5) is 0 Å². The van der Waals surface area contributed by atoms with Crippen LogP contribution in [-0.2, 0) is 27.0 Å². The Morgan fingerprint density at radius 2 is 1.89 bits per heavy atom. The Bertz CT molecular complexity index is 1070. The number of amides is 1. The van der Waals surface area contributed by atoms with Gasteiger partial charge in [0.1, 0.15) is 0 Å². The first-order chi connectivity index (χ1) is 16.6. The van der Waals surface area contributed by atoms with Crippen LogP contribution in [0.3, 0.4) is 0 Å². The van der Waals surface area contributed by atoms with Gasteiger partial charge in [0.05, 0.1) is 17.0 Å². The summed E-state index contributed by atoms with van der Waals surface area (Å²) >= 11 is 0. The van der Waals surface area contributed by atoms with E-state index in [4.69, 9.17) is 5.14 Å². The lowest BCUT2D eigenvalue weighted by molar-refractivity contribution is -0.142. The molecule has 10 heteroatoms. The molecular weight excluding hydrogens is 464 g/mol. The molecule has 0 bridgehead atoms. The SMILES string of the molecule is CC(C)C1CCC(N2CCC3(CC2)C(=O)N(CCNNS(N)(=O)=O)Cc2cc(C#N)ccc23)CC1. The van der Waals surface area contributed by atoms with Crippen molar-refractivity contribution in [3.8, 4) is 6.07 Å². The summed E-state index contributed by atoms with van der Waals surface area (Å²) in [5.41, 5.74) is 4.62. The third-order valence-electron chi connectivity index (χ3n) is 8.38. The third-order valence-corrected chi connectivity index (χ3v) is 8.81. The zero-order valence-electron chi connectivity index (χ0n) is 20.8. The van der Waals surface area contributed by atoms with Gasteiger partial charge in [-0.3, -0.25) is 4.79 Å². The minimum atomic E-state index is -3.86. The molecule has 192 valence electrons. The normalized spacial score (nSPS) is 25.0. The number of fused-ring (bicyclic) bond motifs is 2. The molecule has 35 heavy (non-hydrogen) atoms. The van der Waals surface area contributed by atoms with Gasteiger partial charge in [-0.1, -0.05) is 19.9 Å². The van der Waals surface area contributed by atoms with Crippen LogP contribution in [0.15, 0.2) is 18.2 Å². The number of carbonyl (C=O) groups is 1. The van der Waals surface area contributed by atoms with E-state index >= 15 is 0 Å². The zero-order valence-corrected chi connectivity index (χ0v) is 21.6. The second-order valence-electron chi connectivity index (χ2n) is 10.7. The lowest BCUT2D eigenvalue weighted by Crippen LogP contribution is -2.58. The highest BCUT2D eigenvalue weighted by Gasteiger charge is 2.49. The number of piperidine rings is 1. The van der Waals surface area contributed by atoms with Crippen molar-refractivity contribution in [1.29, 1.82) is 5.26 Å². The molecule has 4 N–H and O–H groups in total. The van der Waals surface area contributed by atoms with E-state index < -0.39 is 15.6 Å². The van der Waals surface area contributed by atoms with Crippen molar-refractivity contribution >= 4 is 16.1 Å². The maximum absolute atomic E-state index is 13.9. The van der Waals surface area contributed by atoms with Crippen LogP contribution < -0.4 is 15.4 Å². The molecular formula is C25H38N6O3S. The summed E-state index contributed by atoms with van der Waals surface area (Å²) in [4.78, 5) is 20.3. The molecule has 2 aliphatic heterocycles. The summed E-state index contributed by atoms with van der Waals surface area (Å²) < 4.78 is 22.2. The predicted octanol–water partition coefficient (Wildman–Crippen LogP) is 1.75. The van der Waals surface area contributed by atoms with E-state index in [1.54, 1.807) is 4.90 Å². The molecule has 1 saturated heterocycles. The van der Waals surface area contributed by atoms with Crippen molar-refractivity contribution in [2.45, 2.75) is 70.4 Å². The molecule has 0 unspecified atom stereocenters. The van der Waals surface area contributed by atoms with Gasteiger partial charge in [0.15, 0.2) is 0 Å². The van der Waals surface area contributed by atoms with Gasteiger partial charge in [0.25, 0.3) is 10.2 Å². The number of nitrogens with two attached hydrogens (primary N) is 1. The summed E-state index contributed by atoms with van der Waals surface area (Å²) in [6.07, 6.45) is 6.57. The van der Waals surface area contributed by atoms with Crippen LogP contribution >= 0.6 is 0 Å². The second-order valence-corrected chi connectivity index (χ2v) is 12.0. The standard InChI is InChI=1S/C25H38N6O3S/c1-18(2)20-4-6-22(7-5-20)30-12-9-25(10-13-30)23-8-3-19(16-26)15-21(23)17-31(24(25)32)14-11-28-29-35(27,33)34/h3,8,15,18,20,22,28-29H,4-7,9-14,17H2,1-2H3,(H2,27,33,34). The predicted molar refractivity (Wildman–Crippen MR) is 134 cm³/mol. The number of benzene rings is 1. The lowest BCUT2D eigenvalue weighted by Gasteiger charge is -2.49. The first-order valence-corrected chi connectivity index (χ1v) is 14.3. The smallest absolute Gasteiger partial charge is 0.287 e. The molecule has 2 fully saturated rings. The number of nitrogens with zero attached hydrogens (tertiary/aromatic N) is 3. The summed E-state index contributed by atoms with van der Waals surface area (Å²) in [6.45, 7) is 7.41. The molecule has 0 atom stereocenters. The highest BCUT2D eigenvalue weighted by Crippen LogP contribution is 2.44. The molecule has 4 rings (SSSR count). The van der Waals surface area contributed by atoms with Gasteiger partial charge >= 0.3 is 0 Å². The average Bonchev–Trinajstić information content (AvgIpc) is 2.84. The Labute approximate surface area is 209 Å². The van der Waals surface area contributed by atoms with Crippen molar-refractivity contribution in [3.63, 3.8) is 0 Å². The number of hydrogen-bond acceptors (Lipinski definition) is 6. The van der Waals surface area contributed by atoms with Gasteiger partial charge in [-0.15, -0.1) is 4.83 Å². The second kappa shape index (κ2) is 10.5. The molecule has 9 nitrogen and oxygen atoms in total. The van der Waals surface area contributed by atoms with Crippen molar-refractivity contribution in [3.05, 3.63) is 34.9 Å². The number of nitrogens with one attached hydrogen (secondary N) is 2. The number of hydrogen-bond donors (Lipinski definition) is 3. The Hall–Kier alpha value is -2.03. The van der Waals surface area contributed by atoms with Gasteiger partial charge in [0.2, 0.25) is 5.91 Å². The van der Waals surface area contributed by atoms with Crippen LogP contribution in [0.25, 0.3) is 0 Å². The Morgan fingerprint density at radius 1 is 1.20 bits per heavy atom. The van der Waals surface area contributed by atoms with Gasteiger partial charge in [-0.2, -0.15) is 13.7 Å². The fourth-order valence-corrected chi connectivity index (χ4v) is 6.67. The van der Waals surface area contributed by atoms with Crippen LogP contribution in [-0.4, -0.2) is 56.3 Å². The third kappa shape index (κ3) is 5.70. The lowest BCUT2D eigenvalue weighted by atomic mass is 9.67. The number of carbonyl (C=O) groups excluding carboxylic acids is 1. The highest BCUT2D eigenvalue weighted by molar-refractivity contribution is 7.87. The van der Waals surface area contributed by atoms with Gasteiger partial charge < -0.3 is 9.80 Å². The molecule has 2 heterocycles. The minimum absolute atomic E-state index is 0.0929. The van der Waals surface area contributed by atoms with Crippen LogP contribution in [0.5, 0.6) is 0 Å². The van der Waals surface area contributed by atoms with Gasteiger partial charge in [-0.05, 0) is 86.7 Å². The van der Waals surface area contributed by atoms with E-state index in [1.807, 2.05) is 23.0 Å². The first-order valence-electron chi connectivity index (χ1n) is 12.7. The highest BCUT2D eigenvalue weighted by atomic mass is 32.2. The Morgan fingerprint density at radius 3 is 2.49 bits per heavy atom. The van der Waals surface area contributed by atoms with Crippen molar-refractivity contribution in [2.24, 2.45) is 17.0 Å². The molecule has 1 aromatic carbocycles. The van der Waals surface area contributed by atoms with Crippen LogP contribution in [0, 0.1) is 23.2 Å². The molecule has 1 aromatic rings. The summed E-state index contributed by atoms with van der Waals surface area (Å²) in [7, 11) is -3.86. The van der Waals surface area contributed by atoms with Crippen molar-refractivity contribution < 1.29 is 13.2 Å². The Balaban J connectivity index is 1.49. The topological polar surface area (TPSA) is 132 Å². The molecule has 1 aliphatic carbocycles. The summed E-state index contributed by atoms with van der Waals surface area (Å²) in [6, 6.07) is 8.51. The van der Waals surface area contributed by atoms with Crippen molar-refractivity contribution in [2.75, 3.05) is 26.2 Å². The van der Waals surface area contributed by atoms with Crippen molar-refractivity contribution in [1.82, 2.24) is 20.1 Å². The fraction of sp³-hybridized carbons (Fsp3) is 0.680. The number of rotatable bonds is 7. The Kier molecular flexibility index (Phi) is 7.83. The van der Waals surface area contributed by atoms with Gasteiger partial charge in [-0.25, -0.2) is 10.6 Å². The molecule has 1 amide bonds. The number of nitriles is 1. The average molecular weight is 503 g/mol. The quantitative estimate of drug-likeness (QED) is 0.384. The molecule has 0 aromatic heterocycles. The zero-order chi connectivity index (χ0) is 25.2. The van der Waals surface area contributed by atoms with E-state index in [2.05, 4.69) is 30.2 Å². The largest absolute Gasteiger partial charge is 0.336 e. The fourth-order valence-electron chi connectivity index (χ4n) is 6.37. The molecule has 1 saturated carbocycles. The number of likely N-dealkylation sites (tertiary alicyclic amines) is 1. The maximum atomic E-state index is 13.9.